The van der Waals surface area contributed by atoms with E-state index in [0.717, 1.165) is 51.4 Å². The highest BCUT2D eigenvalue weighted by molar-refractivity contribution is 5.90. The molecule has 0 bridgehead atoms. The molecular formula is C21H25N3O2. The Balaban J connectivity index is 1.33. The van der Waals surface area contributed by atoms with Gasteiger partial charge in [0.05, 0.1) is 13.2 Å². The van der Waals surface area contributed by atoms with Gasteiger partial charge in [0.2, 0.25) is 0 Å². The number of urea groups is 1. The Morgan fingerprint density at radius 1 is 1.00 bits per heavy atom. The van der Waals surface area contributed by atoms with E-state index in [0.29, 0.717) is 6.61 Å². The molecule has 5 heteroatoms. The van der Waals surface area contributed by atoms with Crippen molar-refractivity contribution in [3.05, 3.63) is 65.2 Å². The van der Waals surface area contributed by atoms with Crippen molar-refractivity contribution in [2.24, 2.45) is 0 Å². The topological polar surface area (TPSA) is 44.8 Å². The molecule has 0 aliphatic carbocycles. The highest BCUT2D eigenvalue weighted by Gasteiger charge is 2.22. The van der Waals surface area contributed by atoms with E-state index >= 15 is 0 Å². The minimum absolute atomic E-state index is 0.00394. The number of anilines is 1. The molecule has 26 heavy (non-hydrogen) atoms. The van der Waals surface area contributed by atoms with Gasteiger partial charge in [-0.25, -0.2) is 4.79 Å². The van der Waals surface area contributed by atoms with Gasteiger partial charge in [-0.05, 0) is 29.2 Å². The summed E-state index contributed by atoms with van der Waals surface area (Å²) in [7, 11) is 0. The lowest BCUT2D eigenvalue weighted by Gasteiger charge is -2.35. The molecule has 5 nitrogen and oxygen atoms in total. The van der Waals surface area contributed by atoms with Crippen molar-refractivity contribution >= 4 is 11.7 Å². The van der Waals surface area contributed by atoms with Gasteiger partial charge in [0.25, 0.3) is 0 Å². The largest absolute Gasteiger partial charge is 0.376 e. The zero-order valence-corrected chi connectivity index (χ0v) is 15.0. The van der Waals surface area contributed by atoms with Crippen LogP contribution in [0.15, 0.2) is 48.5 Å². The summed E-state index contributed by atoms with van der Waals surface area (Å²) in [6.45, 7) is 5.64. The van der Waals surface area contributed by atoms with Crippen molar-refractivity contribution in [2.75, 3.05) is 38.1 Å². The number of fused-ring (bicyclic) bond motifs is 1. The average molecular weight is 351 g/mol. The summed E-state index contributed by atoms with van der Waals surface area (Å²) < 4.78 is 5.50. The van der Waals surface area contributed by atoms with Gasteiger partial charge in [0, 0.05) is 38.4 Å². The molecular weight excluding hydrogens is 326 g/mol. The quantitative estimate of drug-likeness (QED) is 0.924. The maximum absolute atomic E-state index is 12.7. The summed E-state index contributed by atoms with van der Waals surface area (Å²) in [5.41, 5.74) is 4.66. The first-order valence-electron chi connectivity index (χ1n) is 9.30. The fourth-order valence-electron chi connectivity index (χ4n) is 3.68. The molecule has 0 saturated carbocycles. The zero-order valence-electron chi connectivity index (χ0n) is 15.0. The summed E-state index contributed by atoms with van der Waals surface area (Å²) in [4.78, 5) is 17.0. The molecule has 2 amide bonds. The third-order valence-electron chi connectivity index (χ3n) is 5.18. The van der Waals surface area contributed by atoms with Crippen LogP contribution in [0.25, 0.3) is 0 Å². The first-order valence-corrected chi connectivity index (χ1v) is 9.30. The number of nitrogens with one attached hydrogen (secondary N) is 1. The van der Waals surface area contributed by atoms with Crippen LogP contribution >= 0.6 is 0 Å². The lowest BCUT2D eigenvalue weighted by Crippen LogP contribution is -2.49. The van der Waals surface area contributed by atoms with Crippen LogP contribution in [0.5, 0.6) is 0 Å². The highest BCUT2D eigenvalue weighted by atomic mass is 16.5. The molecule has 2 heterocycles. The molecule has 4 rings (SSSR count). The van der Waals surface area contributed by atoms with E-state index in [1.165, 1.54) is 16.7 Å². The molecule has 0 atom stereocenters. The predicted octanol–water partition coefficient (Wildman–Crippen LogP) is 3.11. The molecule has 1 N–H and O–H groups in total. The first kappa shape index (κ1) is 17.1. The molecule has 2 aliphatic heterocycles. The number of hydrogen-bond donors (Lipinski definition) is 1. The van der Waals surface area contributed by atoms with Gasteiger partial charge in [-0.1, -0.05) is 42.5 Å². The number of ether oxygens (including phenoxy) is 1. The molecule has 0 radical (unpaired) electrons. The van der Waals surface area contributed by atoms with Crippen molar-refractivity contribution < 1.29 is 9.53 Å². The number of benzene rings is 2. The number of rotatable bonds is 3. The number of carbonyl (C=O) groups excluding carboxylic acids is 1. The first-order chi connectivity index (χ1) is 12.8. The monoisotopic (exact) mass is 351 g/mol. The summed E-state index contributed by atoms with van der Waals surface area (Å²) in [6.07, 6.45) is 0.858. The van der Waals surface area contributed by atoms with Gasteiger partial charge in [0.15, 0.2) is 0 Å². The van der Waals surface area contributed by atoms with Gasteiger partial charge in [-0.15, -0.1) is 0 Å². The number of hydrogen-bond acceptors (Lipinski definition) is 3. The SMILES string of the molecule is O=C(Nc1cccc2c1CCOC2)N1CCN(Cc2ccccc2)CC1. The van der Waals surface area contributed by atoms with E-state index in [-0.39, 0.29) is 6.03 Å². The van der Waals surface area contributed by atoms with E-state index < -0.39 is 0 Å². The third kappa shape index (κ3) is 3.89. The molecule has 0 aromatic heterocycles. The van der Waals surface area contributed by atoms with Crippen molar-refractivity contribution in [3.8, 4) is 0 Å². The molecule has 0 spiro atoms. The van der Waals surface area contributed by atoms with Crippen LogP contribution in [-0.2, 0) is 24.3 Å². The van der Waals surface area contributed by atoms with Crippen molar-refractivity contribution in [2.45, 2.75) is 19.6 Å². The number of amides is 2. The summed E-state index contributed by atoms with van der Waals surface area (Å²) in [5.74, 6) is 0. The van der Waals surface area contributed by atoms with Crippen molar-refractivity contribution in [1.82, 2.24) is 9.80 Å². The minimum atomic E-state index is 0.00394. The van der Waals surface area contributed by atoms with Gasteiger partial charge in [-0.3, -0.25) is 4.90 Å². The second kappa shape index (κ2) is 7.89. The van der Waals surface area contributed by atoms with Crippen LogP contribution in [-0.4, -0.2) is 48.6 Å². The molecule has 0 unspecified atom stereocenters. The van der Waals surface area contributed by atoms with Crippen LogP contribution in [0, 0.1) is 0 Å². The van der Waals surface area contributed by atoms with Crippen molar-refractivity contribution in [3.63, 3.8) is 0 Å². The molecule has 2 aliphatic rings. The predicted molar refractivity (Wildman–Crippen MR) is 102 cm³/mol. The summed E-state index contributed by atoms with van der Waals surface area (Å²) in [5, 5.41) is 3.12. The van der Waals surface area contributed by atoms with Crippen LogP contribution < -0.4 is 5.32 Å². The molecule has 136 valence electrons. The third-order valence-corrected chi connectivity index (χ3v) is 5.18. The maximum atomic E-state index is 12.7. The molecule has 2 aromatic rings. The van der Waals surface area contributed by atoms with Crippen LogP contribution in [0.1, 0.15) is 16.7 Å². The average Bonchev–Trinajstić information content (AvgIpc) is 2.70. The Hall–Kier alpha value is -2.37. The Labute approximate surface area is 154 Å². The summed E-state index contributed by atoms with van der Waals surface area (Å²) >= 11 is 0. The van der Waals surface area contributed by atoms with Crippen LogP contribution in [0.4, 0.5) is 10.5 Å². The van der Waals surface area contributed by atoms with Gasteiger partial charge >= 0.3 is 6.03 Å². The van der Waals surface area contributed by atoms with Gasteiger partial charge < -0.3 is 15.0 Å². The second-order valence-electron chi connectivity index (χ2n) is 6.92. The van der Waals surface area contributed by atoms with Crippen molar-refractivity contribution in [1.29, 1.82) is 0 Å². The highest BCUT2D eigenvalue weighted by Crippen LogP contribution is 2.25. The lowest BCUT2D eigenvalue weighted by molar-refractivity contribution is 0.111. The van der Waals surface area contributed by atoms with E-state index in [1.807, 2.05) is 23.1 Å². The van der Waals surface area contributed by atoms with E-state index in [4.69, 9.17) is 4.74 Å². The Morgan fingerprint density at radius 3 is 2.62 bits per heavy atom. The number of nitrogens with zero attached hydrogens (tertiary/aromatic N) is 2. The summed E-state index contributed by atoms with van der Waals surface area (Å²) in [6, 6.07) is 16.6. The van der Waals surface area contributed by atoms with E-state index in [9.17, 15) is 4.79 Å². The Bertz CT molecular complexity index is 755. The number of piperazine rings is 1. The van der Waals surface area contributed by atoms with E-state index in [2.05, 4.69) is 40.5 Å². The minimum Gasteiger partial charge on any atom is -0.376 e. The Morgan fingerprint density at radius 2 is 1.81 bits per heavy atom. The maximum Gasteiger partial charge on any atom is 0.321 e. The zero-order chi connectivity index (χ0) is 17.8. The number of carbonyl (C=O) groups is 1. The molecule has 1 fully saturated rings. The molecule has 1 saturated heterocycles. The van der Waals surface area contributed by atoms with E-state index in [1.54, 1.807) is 0 Å². The van der Waals surface area contributed by atoms with Crippen LogP contribution in [0.2, 0.25) is 0 Å². The fraction of sp³-hybridized carbons (Fsp3) is 0.381. The standard InChI is InChI=1S/C21H25N3O2/c25-21(22-20-8-4-7-18-16-26-14-9-19(18)20)24-12-10-23(11-13-24)15-17-5-2-1-3-6-17/h1-8H,9-16H2,(H,22,25). The Kier molecular flexibility index (Phi) is 5.18. The molecule has 2 aromatic carbocycles. The van der Waals surface area contributed by atoms with Crippen LogP contribution in [0.3, 0.4) is 0 Å². The normalized spacial score (nSPS) is 17.6. The smallest absolute Gasteiger partial charge is 0.321 e. The van der Waals surface area contributed by atoms with Gasteiger partial charge in [0.1, 0.15) is 0 Å². The van der Waals surface area contributed by atoms with Gasteiger partial charge in [-0.2, -0.15) is 0 Å². The lowest BCUT2D eigenvalue weighted by atomic mass is 10.0. The fourth-order valence-corrected chi connectivity index (χ4v) is 3.68. The second-order valence-corrected chi connectivity index (χ2v) is 6.92.